The molecular weight excluding hydrogens is 396 g/mol. The summed E-state index contributed by atoms with van der Waals surface area (Å²) >= 11 is 0. The molecule has 0 radical (unpaired) electrons. The molecule has 0 saturated carbocycles. The number of nitrogens with one attached hydrogen (secondary N) is 1. The Kier molecular flexibility index (Phi) is 9.33. The van der Waals surface area contributed by atoms with Crippen LogP contribution >= 0.6 is 0 Å². The quantitative estimate of drug-likeness (QED) is 0.381. The van der Waals surface area contributed by atoms with Gasteiger partial charge in [0.15, 0.2) is 0 Å². The number of hydrogen-bond acceptors (Lipinski definition) is 3. The third-order valence-electron chi connectivity index (χ3n) is 5.34. The van der Waals surface area contributed by atoms with E-state index in [0.29, 0.717) is 12.2 Å². The van der Waals surface area contributed by atoms with Crippen molar-refractivity contribution in [1.29, 1.82) is 0 Å². The van der Waals surface area contributed by atoms with E-state index in [4.69, 9.17) is 4.74 Å². The number of carbonyl (C=O) groups is 1. The Morgan fingerprint density at radius 1 is 0.781 bits per heavy atom. The second-order valence-electron chi connectivity index (χ2n) is 8.03. The van der Waals surface area contributed by atoms with Crippen LogP contribution in [0.15, 0.2) is 78.9 Å². The maximum atomic E-state index is 12.6. The number of anilines is 1. The van der Waals surface area contributed by atoms with E-state index in [0.717, 1.165) is 50.3 Å². The average Bonchev–Trinajstić information content (AvgIpc) is 2.81. The van der Waals surface area contributed by atoms with Gasteiger partial charge >= 0.3 is 0 Å². The molecule has 0 heterocycles. The second kappa shape index (κ2) is 12.7. The normalized spacial score (nSPS) is 10.8. The van der Waals surface area contributed by atoms with Gasteiger partial charge in [0, 0.05) is 17.8 Å². The van der Waals surface area contributed by atoms with E-state index in [-0.39, 0.29) is 5.91 Å². The lowest BCUT2D eigenvalue weighted by atomic mass is 10.0. The van der Waals surface area contributed by atoms with Gasteiger partial charge in [-0.1, -0.05) is 56.3 Å². The fourth-order valence-electron chi connectivity index (χ4n) is 3.70. The van der Waals surface area contributed by atoms with E-state index in [1.807, 2.05) is 66.7 Å². The van der Waals surface area contributed by atoms with Crippen molar-refractivity contribution >= 4 is 11.6 Å². The summed E-state index contributed by atoms with van der Waals surface area (Å²) in [5.41, 5.74) is 3.85. The lowest BCUT2D eigenvalue weighted by molar-refractivity contribution is 0.102. The highest BCUT2D eigenvalue weighted by atomic mass is 16.5. The van der Waals surface area contributed by atoms with Crippen molar-refractivity contribution < 1.29 is 9.53 Å². The first kappa shape index (κ1) is 23.6. The van der Waals surface area contributed by atoms with Gasteiger partial charge in [-0.25, -0.2) is 0 Å². The number of amides is 1. The summed E-state index contributed by atoms with van der Waals surface area (Å²) in [6, 6.07) is 25.7. The van der Waals surface area contributed by atoms with E-state index >= 15 is 0 Å². The smallest absolute Gasteiger partial charge is 0.255 e. The van der Waals surface area contributed by atoms with E-state index in [1.165, 1.54) is 11.1 Å². The molecule has 4 heteroatoms. The second-order valence-corrected chi connectivity index (χ2v) is 8.03. The fraction of sp³-hybridized carbons (Fsp3) is 0.321. The van der Waals surface area contributed by atoms with Gasteiger partial charge in [-0.05, 0) is 79.9 Å². The molecule has 32 heavy (non-hydrogen) atoms. The maximum absolute atomic E-state index is 12.6. The minimum atomic E-state index is -0.111. The molecule has 0 unspecified atom stereocenters. The third kappa shape index (κ3) is 7.54. The predicted molar refractivity (Wildman–Crippen MR) is 133 cm³/mol. The van der Waals surface area contributed by atoms with Gasteiger partial charge in [0.25, 0.3) is 5.91 Å². The summed E-state index contributed by atoms with van der Waals surface area (Å²) in [4.78, 5) is 15.0. The molecule has 0 fully saturated rings. The highest BCUT2D eigenvalue weighted by molar-refractivity contribution is 6.04. The molecule has 168 valence electrons. The van der Waals surface area contributed by atoms with Gasteiger partial charge in [-0.3, -0.25) is 9.69 Å². The van der Waals surface area contributed by atoms with Crippen molar-refractivity contribution in [3.63, 3.8) is 0 Å². The summed E-state index contributed by atoms with van der Waals surface area (Å²) in [6.07, 6.45) is 3.17. The van der Waals surface area contributed by atoms with Crippen LogP contribution in [0.25, 0.3) is 0 Å². The molecule has 1 N–H and O–H groups in total. The number of hydrogen-bond donors (Lipinski definition) is 1. The number of ether oxygens (including phenoxy) is 1. The van der Waals surface area contributed by atoms with Crippen LogP contribution in [0.2, 0.25) is 0 Å². The van der Waals surface area contributed by atoms with Gasteiger partial charge in [0.1, 0.15) is 12.4 Å². The molecule has 3 aromatic carbocycles. The van der Waals surface area contributed by atoms with E-state index < -0.39 is 0 Å². The summed E-state index contributed by atoms with van der Waals surface area (Å²) in [5.74, 6) is 0.709. The van der Waals surface area contributed by atoms with E-state index in [2.05, 4.69) is 36.2 Å². The molecule has 0 bridgehead atoms. The number of nitrogens with zero attached hydrogens (tertiary/aromatic N) is 1. The highest BCUT2D eigenvalue weighted by Gasteiger charge is 2.07. The minimum Gasteiger partial charge on any atom is -0.492 e. The first-order valence-electron chi connectivity index (χ1n) is 11.6. The number of benzene rings is 3. The van der Waals surface area contributed by atoms with Crippen LogP contribution < -0.4 is 10.1 Å². The molecule has 0 atom stereocenters. The Morgan fingerprint density at radius 2 is 1.41 bits per heavy atom. The van der Waals surface area contributed by atoms with Crippen LogP contribution in [-0.4, -0.2) is 37.0 Å². The average molecular weight is 431 g/mol. The van der Waals surface area contributed by atoms with Crippen molar-refractivity contribution in [3.8, 4) is 5.75 Å². The van der Waals surface area contributed by atoms with E-state index in [1.54, 1.807) is 0 Å². The molecule has 0 aromatic heterocycles. The first-order valence-corrected chi connectivity index (χ1v) is 11.6. The van der Waals surface area contributed by atoms with Crippen LogP contribution in [0, 0.1) is 0 Å². The maximum Gasteiger partial charge on any atom is 0.255 e. The molecule has 0 aliphatic carbocycles. The topological polar surface area (TPSA) is 41.6 Å². The van der Waals surface area contributed by atoms with Crippen molar-refractivity contribution in [2.24, 2.45) is 0 Å². The third-order valence-corrected chi connectivity index (χ3v) is 5.34. The molecule has 0 aliphatic rings. The largest absolute Gasteiger partial charge is 0.492 e. The number of carbonyl (C=O) groups excluding carboxylic acids is 1. The van der Waals surface area contributed by atoms with Crippen LogP contribution in [-0.2, 0) is 6.42 Å². The first-order chi connectivity index (χ1) is 15.7. The zero-order valence-corrected chi connectivity index (χ0v) is 19.2. The lowest BCUT2D eigenvalue weighted by Crippen LogP contribution is -2.30. The van der Waals surface area contributed by atoms with Crippen LogP contribution in [0.5, 0.6) is 5.75 Å². The lowest BCUT2D eigenvalue weighted by Gasteiger charge is -2.20. The standard InChI is InChI=1S/C28H34N2O2/c1-3-18-30(19-4-2)20-21-32-27-16-14-26(15-17-27)29-28(31)25-12-10-24(11-13-25)22-23-8-6-5-7-9-23/h5-17H,3-4,18-22H2,1-2H3,(H,29,31). The molecule has 3 aromatic rings. The predicted octanol–water partition coefficient (Wildman–Crippen LogP) is 6.03. The minimum absolute atomic E-state index is 0.111. The Bertz CT molecular complexity index is 931. The summed E-state index contributed by atoms with van der Waals surface area (Å²) in [7, 11) is 0. The Morgan fingerprint density at radius 3 is 2.03 bits per heavy atom. The monoisotopic (exact) mass is 430 g/mol. The zero-order chi connectivity index (χ0) is 22.6. The van der Waals surface area contributed by atoms with E-state index in [9.17, 15) is 4.79 Å². The molecule has 1 amide bonds. The van der Waals surface area contributed by atoms with Crippen molar-refractivity contribution in [2.75, 3.05) is 31.6 Å². The van der Waals surface area contributed by atoms with Crippen LogP contribution in [0.3, 0.4) is 0 Å². The molecule has 0 aliphatic heterocycles. The fourth-order valence-corrected chi connectivity index (χ4v) is 3.70. The van der Waals surface area contributed by atoms with Crippen LogP contribution in [0.4, 0.5) is 5.69 Å². The summed E-state index contributed by atoms with van der Waals surface area (Å²) < 4.78 is 5.88. The van der Waals surface area contributed by atoms with Crippen LogP contribution in [0.1, 0.15) is 48.2 Å². The summed E-state index contributed by atoms with van der Waals surface area (Å²) in [5, 5.41) is 2.96. The SMILES string of the molecule is CCCN(CCC)CCOc1ccc(NC(=O)c2ccc(Cc3ccccc3)cc2)cc1. The molecule has 3 rings (SSSR count). The zero-order valence-electron chi connectivity index (χ0n) is 19.2. The van der Waals surface area contributed by atoms with Gasteiger partial charge in [-0.2, -0.15) is 0 Å². The highest BCUT2D eigenvalue weighted by Crippen LogP contribution is 2.17. The molecule has 0 saturated heterocycles. The van der Waals surface area contributed by atoms with Gasteiger partial charge in [-0.15, -0.1) is 0 Å². The molecule has 0 spiro atoms. The van der Waals surface area contributed by atoms with Crippen molar-refractivity contribution in [3.05, 3.63) is 95.6 Å². The Hall–Kier alpha value is -3.11. The van der Waals surface area contributed by atoms with Gasteiger partial charge < -0.3 is 10.1 Å². The Labute approximate surface area is 192 Å². The van der Waals surface area contributed by atoms with Crippen molar-refractivity contribution in [2.45, 2.75) is 33.1 Å². The Balaban J connectivity index is 1.47. The van der Waals surface area contributed by atoms with Crippen molar-refractivity contribution in [1.82, 2.24) is 4.90 Å². The molecule has 4 nitrogen and oxygen atoms in total. The van der Waals surface area contributed by atoms with Gasteiger partial charge in [0.2, 0.25) is 0 Å². The molecular formula is C28H34N2O2. The number of rotatable bonds is 12. The summed E-state index contributed by atoms with van der Waals surface area (Å²) in [6.45, 7) is 8.22. The van der Waals surface area contributed by atoms with Gasteiger partial charge in [0.05, 0.1) is 0 Å².